The lowest BCUT2D eigenvalue weighted by molar-refractivity contribution is 0.0773. The molecule has 168 valence electrons. The Bertz CT molecular complexity index is 833. The van der Waals surface area contributed by atoms with Gasteiger partial charge in [0.05, 0.1) is 0 Å². The molecule has 1 aliphatic rings. The molecule has 3 rings (SSSR count). The highest BCUT2D eigenvalue weighted by Gasteiger charge is 2.28. The Morgan fingerprint density at radius 3 is 2.52 bits per heavy atom. The van der Waals surface area contributed by atoms with Crippen LogP contribution in [0.2, 0.25) is 0 Å². The number of nitrogens with one attached hydrogen (secondary N) is 1. The molecule has 1 saturated heterocycles. The summed E-state index contributed by atoms with van der Waals surface area (Å²) in [5.74, 6) is 0.431. The van der Waals surface area contributed by atoms with E-state index in [1.807, 2.05) is 55.1 Å². The first kappa shape index (κ1) is 23.1. The monoisotopic (exact) mass is 423 g/mol. The smallest absolute Gasteiger partial charge is 0.253 e. The number of nitrogens with zero attached hydrogens (tertiary/aromatic N) is 2. The van der Waals surface area contributed by atoms with Gasteiger partial charge >= 0.3 is 0 Å². The number of phenolic OH excluding ortho intramolecular Hbond substituents is 1. The number of benzene rings is 2. The molecule has 2 unspecified atom stereocenters. The topological polar surface area (TPSA) is 55.8 Å². The lowest BCUT2D eigenvalue weighted by Crippen LogP contribution is -2.47. The zero-order valence-corrected chi connectivity index (χ0v) is 19.2. The second-order valence-electron chi connectivity index (χ2n) is 8.48. The van der Waals surface area contributed by atoms with Crippen molar-refractivity contribution in [3.05, 3.63) is 59.7 Å². The molecule has 1 aliphatic heterocycles. The number of carbonyl (C=O) groups excluding carboxylic acids is 1. The van der Waals surface area contributed by atoms with Crippen LogP contribution in [-0.2, 0) is 6.42 Å². The maximum Gasteiger partial charge on any atom is 0.253 e. The molecule has 5 heteroatoms. The van der Waals surface area contributed by atoms with E-state index in [0.29, 0.717) is 17.8 Å². The van der Waals surface area contributed by atoms with Crippen molar-refractivity contribution in [1.82, 2.24) is 9.80 Å². The van der Waals surface area contributed by atoms with Gasteiger partial charge in [-0.15, -0.1) is 0 Å². The summed E-state index contributed by atoms with van der Waals surface area (Å²) in [7, 11) is 0. The summed E-state index contributed by atoms with van der Waals surface area (Å²) >= 11 is 0. The van der Waals surface area contributed by atoms with E-state index in [-0.39, 0.29) is 5.91 Å². The molecular formula is C26H37N3O2. The largest absolute Gasteiger partial charge is 0.508 e. The van der Waals surface area contributed by atoms with Crippen LogP contribution >= 0.6 is 0 Å². The van der Waals surface area contributed by atoms with Gasteiger partial charge in [0, 0.05) is 43.0 Å². The van der Waals surface area contributed by atoms with Gasteiger partial charge in [-0.3, -0.25) is 9.69 Å². The van der Waals surface area contributed by atoms with Crippen molar-refractivity contribution >= 4 is 11.6 Å². The summed E-state index contributed by atoms with van der Waals surface area (Å²) < 4.78 is 0. The lowest BCUT2D eigenvalue weighted by Gasteiger charge is -2.40. The van der Waals surface area contributed by atoms with Gasteiger partial charge in [-0.1, -0.05) is 19.1 Å². The summed E-state index contributed by atoms with van der Waals surface area (Å²) in [6.45, 7) is 9.89. The molecule has 2 N–H and O–H groups in total. The predicted molar refractivity (Wildman–Crippen MR) is 128 cm³/mol. The van der Waals surface area contributed by atoms with Crippen LogP contribution in [0.5, 0.6) is 5.75 Å². The van der Waals surface area contributed by atoms with E-state index >= 15 is 0 Å². The van der Waals surface area contributed by atoms with Gasteiger partial charge in [0.25, 0.3) is 5.91 Å². The number of aromatic hydroxyl groups is 1. The van der Waals surface area contributed by atoms with Crippen LogP contribution in [0.3, 0.4) is 0 Å². The minimum absolute atomic E-state index is 0.0931. The van der Waals surface area contributed by atoms with Crippen LogP contribution in [0.1, 0.15) is 56.0 Å². The summed E-state index contributed by atoms with van der Waals surface area (Å²) in [6.07, 6.45) is 4.27. The molecule has 0 spiro atoms. The summed E-state index contributed by atoms with van der Waals surface area (Å²) in [5, 5.41) is 13.5. The van der Waals surface area contributed by atoms with Crippen molar-refractivity contribution in [3.63, 3.8) is 0 Å². The van der Waals surface area contributed by atoms with Gasteiger partial charge in [-0.05, 0) is 88.0 Å². The highest BCUT2D eigenvalue weighted by Crippen LogP contribution is 2.25. The number of amides is 1. The fourth-order valence-electron chi connectivity index (χ4n) is 4.62. The van der Waals surface area contributed by atoms with Gasteiger partial charge in [-0.2, -0.15) is 0 Å². The molecule has 1 heterocycles. The molecule has 0 aromatic heterocycles. The maximum absolute atomic E-state index is 12.5. The molecule has 2 aromatic rings. The molecule has 2 aromatic carbocycles. The standard InChI is InChI=1S/C26H37N3O2/c1-4-15-29-16-14-23(19-24(29)17-20-8-7-9-25(30)18-20)27-22-12-10-21(11-13-22)26(31)28(5-2)6-3/h7-13,18,23-24,27,30H,4-6,14-17,19H2,1-3H3. The molecule has 1 fully saturated rings. The van der Waals surface area contributed by atoms with Crippen molar-refractivity contribution in [1.29, 1.82) is 0 Å². The van der Waals surface area contributed by atoms with E-state index in [9.17, 15) is 9.90 Å². The second-order valence-corrected chi connectivity index (χ2v) is 8.48. The van der Waals surface area contributed by atoms with E-state index in [1.165, 1.54) is 5.56 Å². The fourth-order valence-corrected chi connectivity index (χ4v) is 4.62. The number of phenols is 1. The third kappa shape index (κ3) is 6.23. The zero-order chi connectivity index (χ0) is 22.2. The van der Waals surface area contributed by atoms with Gasteiger partial charge in [0.15, 0.2) is 0 Å². The normalized spacial score (nSPS) is 19.2. The first-order valence-corrected chi connectivity index (χ1v) is 11.7. The Balaban J connectivity index is 1.64. The van der Waals surface area contributed by atoms with E-state index in [1.54, 1.807) is 6.07 Å². The number of hydrogen-bond donors (Lipinski definition) is 2. The third-order valence-electron chi connectivity index (χ3n) is 6.28. The Morgan fingerprint density at radius 1 is 1.13 bits per heavy atom. The molecule has 5 nitrogen and oxygen atoms in total. The first-order valence-electron chi connectivity index (χ1n) is 11.7. The Hall–Kier alpha value is -2.53. The van der Waals surface area contributed by atoms with Crippen LogP contribution in [0.4, 0.5) is 5.69 Å². The molecule has 0 bridgehead atoms. The van der Waals surface area contributed by atoms with Crippen LogP contribution in [0, 0.1) is 0 Å². The van der Waals surface area contributed by atoms with Crippen LogP contribution in [0.25, 0.3) is 0 Å². The molecule has 0 saturated carbocycles. The van der Waals surface area contributed by atoms with Crippen molar-refractivity contribution in [2.45, 2.75) is 58.5 Å². The van der Waals surface area contributed by atoms with Crippen molar-refractivity contribution in [2.24, 2.45) is 0 Å². The second kappa shape index (κ2) is 11.2. The van der Waals surface area contributed by atoms with Crippen LogP contribution < -0.4 is 5.32 Å². The highest BCUT2D eigenvalue weighted by atomic mass is 16.3. The number of likely N-dealkylation sites (tertiary alicyclic amines) is 1. The van der Waals surface area contributed by atoms with E-state index in [4.69, 9.17) is 0 Å². The van der Waals surface area contributed by atoms with Gasteiger partial charge in [0.2, 0.25) is 0 Å². The maximum atomic E-state index is 12.5. The number of hydrogen-bond acceptors (Lipinski definition) is 4. The van der Waals surface area contributed by atoms with Crippen molar-refractivity contribution in [2.75, 3.05) is 31.5 Å². The molecule has 0 aliphatic carbocycles. The van der Waals surface area contributed by atoms with Gasteiger partial charge < -0.3 is 15.3 Å². The lowest BCUT2D eigenvalue weighted by atomic mass is 9.91. The minimum atomic E-state index is 0.0931. The van der Waals surface area contributed by atoms with Gasteiger partial charge in [0.1, 0.15) is 5.75 Å². The molecule has 1 amide bonds. The van der Waals surface area contributed by atoms with Crippen molar-refractivity contribution < 1.29 is 9.90 Å². The number of carbonyl (C=O) groups is 1. The van der Waals surface area contributed by atoms with Crippen molar-refractivity contribution in [3.8, 4) is 5.75 Å². The quantitative estimate of drug-likeness (QED) is 0.610. The van der Waals surface area contributed by atoms with Gasteiger partial charge in [-0.25, -0.2) is 0 Å². The number of piperidine rings is 1. The Morgan fingerprint density at radius 2 is 1.87 bits per heavy atom. The summed E-state index contributed by atoms with van der Waals surface area (Å²) in [4.78, 5) is 17.0. The van der Waals surface area contributed by atoms with Crippen LogP contribution in [-0.4, -0.2) is 59.1 Å². The molecular weight excluding hydrogens is 386 g/mol. The summed E-state index contributed by atoms with van der Waals surface area (Å²) in [6, 6.07) is 16.4. The SMILES string of the molecule is CCCN1CCC(Nc2ccc(C(=O)N(CC)CC)cc2)CC1Cc1cccc(O)c1. The Labute approximate surface area is 187 Å². The first-order chi connectivity index (χ1) is 15.0. The highest BCUT2D eigenvalue weighted by molar-refractivity contribution is 5.94. The van der Waals surface area contributed by atoms with E-state index in [2.05, 4.69) is 23.2 Å². The van der Waals surface area contributed by atoms with E-state index < -0.39 is 0 Å². The number of rotatable bonds is 9. The summed E-state index contributed by atoms with van der Waals surface area (Å²) in [5.41, 5.74) is 3.00. The molecule has 31 heavy (non-hydrogen) atoms. The van der Waals surface area contributed by atoms with E-state index in [0.717, 1.165) is 63.1 Å². The average Bonchev–Trinajstić information content (AvgIpc) is 2.77. The van der Waals surface area contributed by atoms with Crippen LogP contribution in [0.15, 0.2) is 48.5 Å². The minimum Gasteiger partial charge on any atom is -0.508 e. The molecule has 0 radical (unpaired) electrons. The molecule has 2 atom stereocenters. The average molecular weight is 424 g/mol. The predicted octanol–water partition coefficient (Wildman–Crippen LogP) is 4.77. The fraction of sp³-hybridized carbons (Fsp3) is 0.500. The third-order valence-corrected chi connectivity index (χ3v) is 6.28. The number of anilines is 1. The zero-order valence-electron chi connectivity index (χ0n) is 19.2. The Kier molecular flexibility index (Phi) is 8.35.